The molecule has 0 aliphatic heterocycles. The molecule has 1 rings (SSSR count). The molecule has 0 radical (unpaired) electrons. The van der Waals surface area contributed by atoms with Crippen LogP contribution >= 0.6 is 11.6 Å². The van der Waals surface area contributed by atoms with Gasteiger partial charge in [0.2, 0.25) is 0 Å². The first-order valence-corrected chi connectivity index (χ1v) is 6.79. The first kappa shape index (κ1) is 17.0. The lowest BCUT2D eigenvalue weighted by atomic mass is 10.2. The quantitative estimate of drug-likeness (QED) is 0.671. The molecular weight excluding hydrogens is 282 g/mol. The van der Waals surface area contributed by atoms with E-state index >= 15 is 0 Å². The Kier molecular flexibility index (Phi) is 8.37. The fraction of sp³-hybridized carbons (Fsp3) is 0.571. The van der Waals surface area contributed by atoms with E-state index in [1.165, 1.54) is 0 Å². The monoisotopic (exact) mass is 303 g/mol. The lowest BCUT2D eigenvalue weighted by Gasteiger charge is -2.13. The highest BCUT2D eigenvalue weighted by Crippen LogP contribution is 2.37. The molecule has 0 aliphatic rings. The van der Waals surface area contributed by atoms with Crippen molar-refractivity contribution in [2.75, 3.05) is 47.7 Å². The van der Waals surface area contributed by atoms with Crippen molar-refractivity contribution in [1.29, 1.82) is 0 Å². The first-order chi connectivity index (χ1) is 9.74. The molecule has 0 heterocycles. The Bertz CT molecular complexity index is 401. The summed E-state index contributed by atoms with van der Waals surface area (Å²) >= 11 is 6.28. The second-order valence-electron chi connectivity index (χ2n) is 4.06. The van der Waals surface area contributed by atoms with Gasteiger partial charge in [-0.2, -0.15) is 0 Å². The normalized spacial score (nSPS) is 10.6. The molecular formula is C14H22ClNO4. The molecule has 0 atom stereocenters. The van der Waals surface area contributed by atoms with Crippen LogP contribution in [-0.4, -0.2) is 47.7 Å². The van der Waals surface area contributed by atoms with Crippen LogP contribution in [0.4, 0.5) is 0 Å². The van der Waals surface area contributed by atoms with Crippen LogP contribution in [0.25, 0.3) is 0 Å². The second-order valence-corrected chi connectivity index (χ2v) is 4.43. The topological polar surface area (TPSA) is 49.0 Å². The SMILES string of the molecule is COCCOCCNCc1ccc(OC)c(OC)c1Cl. The Balaban J connectivity index is 2.40. The molecule has 0 unspecified atom stereocenters. The maximum atomic E-state index is 6.28. The smallest absolute Gasteiger partial charge is 0.179 e. The Morgan fingerprint density at radius 2 is 1.85 bits per heavy atom. The Hall–Kier alpha value is -1.01. The molecule has 20 heavy (non-hydrogen) atoms. The minimum atomic E-state index is 0.560. The van der Waals surface area contributed by atoms with E-state index in [2.05, 4.69) is 5.32 Å². The fourth-order valence-corrected chi connectivity index (χ4v) is 1.98. The number of hydrogen-bond acceptors (Lipinski definition) is 5. The fourth-order valence-electron chi connectivity index (χ4n) is 1.68. The van der Waals surface area contributed by atoms with E-state index < -0.39 is 0 Å². The van der Waals surface area contributed by atoms with Crippen LogP contribution in [0.3, 0.4) is 0 Å². The molecule has 114 valence electrons. The molecule has 0 amide bonds. The summed E-state index contributed by atoms with van der Waals surface area (Å²) in [5, 5.41) is 3.83. The van der Waals surface area contributed by atoms with Crippen molar-refractivity contribution < 1.29 is 18.9 Å². The maximum absolute atomic E-state index is 6.28. The van der Waals surface area contributed by atoms with Gasteiger partial charge in [0.05, 0.1) is 39.1 Å². The van der Waals surface area contributed by atoms with Gasteiger partial charge in [0.15, 0.2) is 11.5 Å². The highest BCUT2D eigenvalue weighted by molar-refractivity contribution is 6.33. The summed E-state index contributed by atoms with van der Waals surface area (Å²) in [5.41, 5.74) is 0.959. The molecule has 1 aromatic carbocycles. The van der Waals surface area contributed by atoms with Crippen LogP contribution in [0, 0.1) is 0 Å². The zero-order valence-corrected chi connectivity index (χ0v) is 13.0. The number of benzene rings is 1. The van der Waals surface area contributed by atoms with Crippen molar-refractivity contribution in [2.24, 2.45) is 0 Å². The molecule has 0 saturated carbocycles. The van der Waals surface area contributed by atoms with Gasteiger partial charge in [0.1, 0.15) is 0 Å². The van der Waals surface area contributed by atoms with Crippen LogP contribution in [0.1, 0.15) is 5.56 Å². The van der Waals surface area contributed by atoms with E-state index in [4.69, 9.17) is 30.5 Å². The van der Waals surface area contributed by atoms with E-state index in [0.717, 1.165) is 12.1 Å². The van der Waals surface area contributed by atoms with E-state index in [-0.39, 0.29) is 0 Å². The average molecular weight is 304 g/mol. The summed E-state index contributed by atoms with van der Waals surface area (Å²) < 4.78 is 20.7. The number of methoxy groups -OCH3 is 3. The highest BCUT2D eigenvalue weighted by atomic mass is 35.5. The van der Waals surface area contributed by atoms with Crippen molar-refractivity contribution >= 4 is 11.6 Å². The van der Waals surface area contributed by atoms with E-state index in [1.54, 1.807) is 21.3 Å². The van der Waals surface area contributed by atoms with Crippen molar-refractivity contribution in [3.05, 3.63) is 22.7 Å². The van der Waals surface area contributed by atoms with Gasteiger partial charge in [-0.1, -0.05) is 17.7 Å². The number of hydrogen-bond donors (Lipinski definition) is 1. The first-order valence-electron chi connectivity index (χ1n) is 6.41. The van der Waals surface area contributed by atoms with Gasteiger partial charge in [-0.15, -0.1) is 0 Å². The van der Waals surface area contributed by atoms with E-state index in [0.29, 0.717) is 42.9 Å². The lowest BCUT2D eigenvalue weighted by Crippen LogP contribution is -2.20. The minimum absolute atomic E-state index is 0.560. The van der Waals surface area contributed by atoms with Gasteiger partial charge in [-0.05, 0) is 11.6 Å². The second kappa shape index (κ2) is 9.83. The zero-order chi connectivity index (χ0) is 14.8. The molecule has 0 bridgehead atoms. The molecule has 6 heteroatoms. The summed E-state index contributed by atoms with van der Waals surface area (Å²) in [7, 11) is 4.81. The molecule has 0 aromatic heterocycles. The number of rotatable bonds is 10. The van der Waals surface area contributed by atoms with Crippen LogP contribution < -0.4 is 14.8 Å². The van der Waals surface area contributed by atoms with Gasteiger partial charge < -0.3 is 24.3 Å². The van der Waals surface area contributed by atoms with Crippen LogP contribution in [0.15, 0.2) is 12.1 Å². The van der Waals surface area contributed by atoms with E-state index in [1.807, 2.05) is 12.1 Å². The third-order valence-electron chi connectivity index (χ3n) is 2.74. The molecule has 0 saturated heterocycles. The average Bonchev–Trinajstić information content (AvgIpc) is 2.47. The van der Waals surface area contributed by atoms with Crippen LogP contribution in [0.5, 0.6) is 11.5 Å². The number of nitrogens with one attached hydrogen (secondary N) is 1. The summed E-state index contributed by atoms with van der Waals surface area (Å²) in [6.45, 7) is 3.24. The summed E-state index contributed by atoms with van der Waals surface area (Å²) in [5.74, 6) is 1.19. The zero-order valence-electron chi connectivity index (χ0n) is 12.2. The highest BCUT2D eigenvalue weighted by Gasteiger charge is 2.12. The van der Waals surface area contributed by atoms with Crippen LogP contribution in [0.2, 0.25) is 5.02 Å². The molecule has 0 aliphatic carbocycles. The van der Waals surface area contributed by atoms with Gasteiger partial charge in [-0.3, -0.25) is 0 Å². The summed E-state index contributed by atoms with van der Waals surface area (Å²) in [6, 6.07) is 3.76. The van der Waals surface area contributed by atoms with Crippen molar-refractivity contribution in [3.63, 3.8) is 0 Å². The largest absolute Gasteiger partial charge is 0.493 e. The Labute approximate surface area is 125 Å². The predicted octanol–water partition coefficient (Wildman–Crippen LogP) is 2.11. The number of ether oxygens (including phenoxy) is 4. The standard InChI is InChI=1S/C14H22ClNO4/c1-17-8-9-20-7-6-16-10-11-4-5-12(18-2)14(19-3)13(11)15/h4-5,16H,6-10H2,1-3H3. The van der Waals surface area contributed by atoms with Crippen molar-refractivity contribution in [2.45, 2.75) is 6.54 Å². The predicted molar refractivity (Wildman–Crippen MR) is 79.0 cm³/mol. The molecule has 5 nitrogen and oxygen atoms in total. The number of halogens is 1. The Morgan fingerprint density at radius 1 is 1.05 bits per heavy atom. The van der Waals surface area contributed by atoms with Crippen LogP contribution in [-0.2, 0) is 16.0 Å². The molecule has 1 N–H and O–H groups in total. The van der Waals surface area contributed by atoms with Crippen molar-refractivity contribution in [3.8, 4) is 11.5 Å². The molecule has 0 fully saturated rings. The van der Waals surface area contributed by atoms with Crippen molar-refractivity contribution in [1.82, 2.24) is 5.32 Å². The summed E-state index contributed by atoms with van der Waals surface area (Å²) in [4.78, 5) is 0. The third-order valence-corrected chi connectivity index (χ3v) is 3.15. The minimum Gasteiger partial charge on any atom is -0.493 e. The Morgan fingerprint density at radius 3 is 2.50 bits per heavy atom. The van der Waals surface area contributed by atoms with Gasteiger partial charge in [0.25, 0.3) is 0 Å². The van der Waals surface area contributed by atoms with E-state index in [9.17, 15) is 0 Å². The van der Waals surface area contributed by atoms with Gasteiger partial charge in [-0.25, -0.2) is 0 Å². The summed E-state index contributed by atoms with van der Waals surface area (Å²) in [6.07, 6.45) is 0. The third kappa shape index (κ3) is 5.17. The maximum Gasteiger partial charge on any atom is 0.179 e. The lowest BCUT2D eigenvalue weighted by molar-refractivity contribution is 0.0719. The van der Waals surface area contributed by atoms with Gasteiger partial charge >= 0.3 is 0 Å². The van der Waals surface area contributed by atoms with Gasteiger partial charge in [0, 0.05) is 20.2 Å². The molecule has 0 spiro atoms. The molecule has 1 aromatic rings.